The lowest BCUT2D eigenvalue weighted by atomic mass is 10.1. The van der Waals surface area contributed by atoms with Gasteiger partial charge in [-0.1, -0.05) is 0 Å². The van der Waals surface area contributed by atoms with Gasteiger partial charge in [-0.15, -0.1) is 0 Å². The van der Waals surface area contributed by atoms with Crippen molar-refractivity contribution in [3.8, 4) is 6.07 Å². The molecule has 1 saturated heterocycles. The van der Waals surface area contributed by atoms with E-state index in [1.807, 2.05) is 23.9 Å². The molecule has 1 aromatic heterocycles. The molecule has 4 heteroatoms. The third-order valence-corrected chi connectivity index (χ3v) is 2.28. The fourth-order valence-electron chi connectivity index (χ4n) is 1.52. The second-order valence-electron chi connectivity index (χ2n) is 3.19. The number of aromatic nitrogens is 1. The van der Waals surface area contributed by atoms with E-state index in [-0.39, 0.29) is 6.04 Å². The number of nitrogens with one attached hydrogen (secondary N) is 1. The Morgan fingerprint density at radius 3 is 3.15 bits per heavy atom. The number of hydrogen-bond donors (Lipinski definition) is 1. The summed E-state index contributed by atoms with van der Waals surface area (Å²) in [4.78, 5) is 5.05. The molecule has 2 heterocycles. The van der Waals surface area contributed by atoms with Crippen LogP contribution in [0.2, 0.25) is 0 Å². The minimum Gasteiger partial charge on any atom is -0.342 e. The van der Waals surface area contributed by atoms with E-state index in [9.17, 15) is 0 Å². The van der Waals surface area contributed by atoms with Crippen molar-refractivity contribution in [3.05, 3.63) is 23.5 Å². The first kappa shape index (κ1) is 8.30. The zero-order chi connectivity index (χ0) is 9.26. The van der Waals surface area contributed by atoms with Gasteiger partial charge in [0.1, 0.15) is 11.8 Å². The molecular weight excluding hydrogens is 166 g/mol. The van der Waals surface area contributed by atoms with Crippen LogP contribution in [0, 0.1) is 11.3 Å². The van der Waals surface area contributed by atoms with Crippen LogP contribution in [-0.4, -0.2) is 11.2 Å². The monoisotopic (exact) mass is 177 g/mol. The third kappa shape index (κ3) is 1.44. The Labute approximate surface area is 76.7 Å². The van der Waals surface area contributed by atoms with Gasteiger partial charge in [-0.05, 0) is 18.1 Å². The lowest BCUT2D eigenvalue weighted by Crippen LogP contribution is -2.10. The van der Waals surface area contributed by atoms with Gasteiger partial charge in [0, 0.05) is 13.2 Å². The smallest absolute Gasteiger partial charge is 0.120 e. The average Bonchev–Trinajstić information content (AvgIpc) is 2.71. The molecule has 1 atom stereocenters. The number of nitriles is 1. The summed E-state index contributed by atoms with van der Waals surface area (Å²) in [6.07, 6.45) is 2.93. The lowest BCUT2D eigenvalue weighted by Gasteiger charge is -2.03. The topological polar surface area (TPSA) is 50.0 Å². The SMILES string of the molecule is Cn1cc(C2CCON2)cc1C#N. The number of rotatable bonds is 1. The summed E-state index contributed by atoms with van der Waals surface area (Å²) in [6, 6.07) is 4.27. The second kappa shape index (κ2) is 3.21. The van der Waals surface area contributed by atoms with Gasteiger partial charge < -0.3 is 9.40 Å². The Balaban J connectivity index is 2.26. The minimum atomic E-state index is 0.244. The summed E-state index contributed by atoms with van der Waals surface area (Å²) >= 11 is 0. The number of hydrogen-bond acceptors (Lipinski definition) is 3. The molecule has 0 amide bonds. The summed E-state index contributed by atoms with van der Waals surface area (Å²) < 4.78 is 1.83. The second-order valence-corrected chi connectivity index (χ2v) is 3.19. The highest BCUT2D eigenvalue weighted by Crippen LogP contribution is 2.22. The zero-order valence-electron chi connectivity index (χ0n) is 7.45. The number of aryl methyl sites for hydroxylation is 1. The van der Waals surface area contributed by atoms with Crippen LogP contribution in [0.25, 0.3) is 0 Å². The van der Waals surface area contributed by atoms with Crippen molar-refractivity contribution in [2.45, 2.75) is 12.5 Å². The molecule has 68 valence electrons. The van der Waals surface area contributed by atoms with E-state index >= 15 is 0 Å². The van der Waals surface area contributed by atoms with Gasteiger partial charge in [0.05, 0.1) is 12.6 Å². The largest absolute Gasteiger partial charge is 0.342 e. The van der Waals surface area contributed by atoms with Gasteiger partial charge in [0.2, 0.25) is 0 Å². The van der Waals surface area contributed by atoms with Crippen molar-refractivity contribution >= 4 is 0 Å². The minimum absolute atomic E-state index is 0.244. The van der Waals surface area contributed by atoms with E-state index in [0.717, 1.165) is 18.6 Å². The van der Waals surface area contributed by atoms with Crippen molar-refractivity contribution in [3.63, 3.8) is 0 Å². The normalized spacial score (nSPS) is 21.7. The Kier molecular flexibility index (Phi) is 2.05. The van der Waals surface area contributed by atoms with Gasteiger partial charge in [0.25, 0.3) is 0 Å². The molecule has 1 aromatic rings. The van der Waals surface area contributed by atoms with Crippen molar-refractivity contribution in [2.75, 3.05) is 6.61 Å². The Morgan fingerprint density at radius 2 is 2.62 bits per heavy atom. The molecule has 1 aliphatic rings. The van der Waals surface area contributed by atoms with Crippen molar-refractivity contribution in [2.24, 2.45) is 7.05 Å². The van der Waals surface area contributed by atoms with Crippen LogP contribution in [-0.2, 0) is 11.9 Å². The predicted octanol–water partition coefficient (Wildman–Crippen LogP) is 0.863. The van der Waals surface area contributed by atoms with Crippen LogP contribution in [0.3, 0.4) is 0 Å². The molecular formula is C9H11N3O. The van der Waals surface area contributed by atoms with Crippen LogP contribution in [0.1, 0.15) is 23.7 Å². The Bertz CT molecular complexity index is 344. The molecule has 1 N–H and O–H groups in total. The van der Waals surface area contributed by atoms with Crippen molar-refractivity contribution < 1.29 is 4.84 Å². The summed E-state index contributed by atoms with van der Waals surface area (Å²) in [5.74, 6) is 0. The summed E-state index contributed by atoms with van der Waals surface area (Å²) in [5, 5.41) is 8.75. The van der Waals surface area contributed by atoms with Crippen LogP contribution in [0.5, 0.6) is 0 Å². The molecule has 0 radical (unpaired) electrons. The molecule has 0 saturated carbocycles. The van der Waals surface area contributed by atoms with E-state index in [4.69, 9.17) is 10.1 Å². The molecule has 0 spiro atoms. The van der Waals surface area contributed by atoms with Crippen LogP contribution < -0.4 is 5.48 Å². The fraction of sp³-hybridized carbons (Fsp3) is 0.444. The molecule has 4 nitrogen and oxygen atoms in total. The van der Waals surface area contributed by atoms with E-state index in [1.165, 1.54) is 0 Å². The molecule has 1 unspecified atom stereocenters. The van der Waals surface area contributed by atoms with E-state index in [2.05, 4.69) is 11.5 Å². The zero-order valence-corrected chi connectivity index (χ0v) is 7.45. The molecule has 1 aliphatic heterocycles. The highest BCUT2D eigenvalue weighted by molar-refractivity contribution is 5.30. The fourth-order valence-corrected chi connectivity index (χ4v) is 1.52. The van der Waals surface area contributed by atoms with Crippen LogP contribution in [0.4, 0.5) is 0 Å². The van der Waals surface area contributed by atoms with Crippen molar-refractivity contribution in [1.82, 2.24) is 10.0 Å². The van der Waals surface area contributed by atoms with E-state index in [1.54, 1.807) is 0 Å². The maximum Gasteiger partial charge on any atom is 0.120 e. The summed E-state index contributed by atoms with van der Waals surface area (Å²) in [6.45, 7) is 0.738. The van der Waals surface area contributed by atoms with Gasteiger partial charge in [-0.2, -0.15) is 10.7 Å². The Morgan fingerprint density at radius 1 is 1.77 bits per heavy atom. The maximum absolute atomic E-state index is 8.75. The van der Waals surface area contributed by atoms with Crippen LogP contribution >= 0.6 is 0 Å². The average molecular weight is 177 g/mol. The standard InChI is InChI=1S/C9H11N3O/c1-12-6-7(4-8(12)5-10)9-2-3-13-11-9/h4,6,9,11H,2-3H2,1H3. The first-order chi connectivity index (χ1) is 6.31. The van der Waals surface area contributed by atoms with Gasteiger partial charge in [-0.25, -0.2) is 0 Å². The third-order valence-electron chi connectivity index (χ3n) is 2.28. The van der Waals surface area contributed by atoms with Gasteiger partial charge >= 0.3 is 0 Å². The highest BCUT2D eigenvalue weighted by atomic mass is 16.7. The maximum atomic E-state index is 8.75. The Hall–Kier alpha value is -1.31. The molecule has 0 aliphatic carbocycles. The molecule has 2 rings (SSSR count). The van der Waals surface area contributed by atoms with Gasteiger partial charge in [0.15, 0.2) is 0 Å². The predicted molar refractivity (Wildman–Crippen MR) is 46.6 cm³/mol. The molecule has 1 fully saturated rings. The van der Waals surface area contributed by atoms with Crippen molar-refractivity contribution in [1.29, 1.82) is 5.26 Å². The molecule has 0 aromatic carbocycles. The quantitative estimate of drug-likeness (QED) is 0.692. The highest BCUT2D eigenvalue weighted by Gasteiger charge is 2.19. The van der Waals surface area contributed by atoms with E-state index in [0.29, 0.717) is 5.69 Å². The summed E-state index contributed by atoms with van der Waals surface area (Å²) in [5.41, 5.74) is 4.72. The first-order valence-electron chi connectivity index (χ1n) is 4.25. The number of hydroxylamine groups is 1. The van der Waals surface area contributed by atoms with Gasteiger partial charge in [-0.3, -0.25) is 0 Å². The summed E-state index contributed by atoms with van der Waals surface area (Å²) in [7, 11) is 1.87. The first-order valence-corrected chi connectivity index (χ1v) is 4.25. The van der Waals surface area contributed by atoms with E-state index < -0.39 is 0 Å². The number of nitrogens with zero attached hydrogens (tertiary/aromatic N) is 2. The molecule has 0 bridgehead atoms. The van der Waals surface area contributed by atoms with Crippen LogP contribution in [0.15, 0.2) is 12.3 Å². The molecule has 13 heavy (non-hydrogen) atoms. The lowest BCUT2D eigenvalue weighted by molar-refractivity contribution is 0.0883.